The predicted octanol–water partition coefficient (Wildman–Crippen LogP) is 1.61. The zero-order chi connectivity index (χ0) is 9.68. The summed E-state index contributed by atoms with van der Waals surface area (Å²) in [6.45, 7) is 0.329. The van der Waals surface area contributed by atoms with E-state index in [0.29, 0.717) is 6.54 Å². The molecular weight excluding hydrogens is 232 g/mol. The van der Waals surface area contributed by atoms with E-state index in [0.717, 1.165) is 10.2 Å². The number of benzene rings is 1. The quantitative estimate of drug-likeness (QED) is 0.846. The lowest BCUT2D eigenvalue weighted by Gasteiger charge is -2.03. The molecule has 0 aromatic heterocycles. The highest BCUT2D eigenvalue weighted by molar-refractivity contribution is 9.10. The summed E-state index contributed by atoms with van der Waals surface area (Å²) in [5.74, 6) is -0.0372. The molecule has 0 fully saturated rings. The summed E-state index contributed by atoms with van der Waals surface area (Å²) in [7, 11) is 1.74. The Labute approximate surface area is 85.7 Å². The number of halogens is 1. The number of anilines is 1. The molecule has 0 saturated heterocycles. The highest BCUT2D eigenvalue weighted by atomic mass is 79.9. The van der Waals surface area contributed by atoms with Crippen molar-refractivity contribution in [2.45, 2.75) is 0 Å². The maximum absolute atomic E-state index is 11.1. The molecule has 2 N–H and O–H groups in total. The van der Waals surface area contributed by atoms with Crippen LogP contribution in [0.4, 0.5) is 5.69 Å². The molecule has 1 aromatic rings. The van der Waals surface area contributed by atoms with Gasteiger partial charge in [-0.05, 0) is 31.3 Å². The monoisotopic (exact) mass is 242 g/mol. The van der Waals surface area contributed by atoms with Gasteiger partial charge >= 0.3 is 0 Å². The first-order valence-corrected chi connectivity index (χ1v) is 4.71. The molecule has 1 amide bonds. The first-order valence-electron chi connectivity index (χ1n) is 3.92. The standard InChI is InChI=1S/C9H11BrN2O/c1-11-6-9(13)12-8-4-2-7(10)3-5-8/h2-5,11H,6H2,1H3,(H,12,13). The third kappa shape index (κ3) is 3.57. The Kier molecular flexibility index (Phi) is 3.92. The first-order chi connectivity index (χ1) is 6.22. The number of hydrogen-bond donors (Lipinski definition) is 2. The number of carbonyl (C=O) groups is 1. The molecule has 0 radical (unpaired) electrons. The molecule has 0 unspecified atom stereocenters. The molecule has 3 nitrogen and oxygen atoms in total. The van der Waals surface area contributed by atoms with Crippen molar-refractivity contribution in [2.75, 3.05) is 18.9 Å². The van der Waals surface area contributed by atoms with E-state index < -0.39 is 0 Å². The number of amides is 1. The minimum atomic E-state index is -0.0372. The van der Waals surface area contributed by atoms with Crippen LogP contribution in [0.5, 0.6) is 0 Å². The van der Waals surface area contributed by atoms with Crippen molar-refractivity contribution in [1.82, 2.24) is 5.32 Å². The van der Waals surface area contributed by atoms with Crippen molar-refractivity contribution in [3.8, 4) is 0 Å². The van der Waals surface area contributed by atoms with E-state index in [2.05, 4.69) is 26.6 Å². The number of carbonyl (C=O) groups excluding carboxylic acids is 1. The van der Waals surface area contributed by atoms with Gasteiger partial charge in [0.05, 0.1) is 6.54 Å². The lowest BCUT2D eigenvalue weighted by Crippen LogP contribution is -2.24. The molecule has 0 aliphatic heterocycles. The smallest absolute Gasteiger partial charge is 0.238 e. The maximum atomic E-state index is 11.1. The van der Waals surface area contributed by atoms with Gasteiger partial charge in [0.25, 0.3) is 0 Å². The Bertz CT molecular complexity index is 284. The Morgan fingerprint density at radius 1 is 1.38 bits per heavy atom. The first kappa shape index (κ1) is 10.2. The maximum Gasteiger partial charge on any atom is 0.238 e. The molecule has 0 bridgehead atoms. The van der Waals surface area contributed by atoms with Crippen molar-refractivity contribution < 1.29 is 4.79 Å². The summed E-state index contributed by atoms with van der Waals surface area (Å²) in [6, 6.07) is 7.46. The third-order valence-corrected chi connectivity index (χ3v) is 1.99. The molecular formula is C9H11BrN2O. The normalized spacial score (nSPS) is 9.69. The van der Waals surface area contributed by atoms with Crippen LogP contribution in [0.1, 0.15) is 0 Å². The predicted molar refractivity (Wildman–Crippen MR) is 56.7 cm³/mol. The van der Waals surface area contributed by atoms with Gasteiger partial charge in [0, 0.05) is 10.2 Å². The van der Waals surface area contributed by atoms with Gasteiger partial charge in [-0.3, -0.25) is 4.79 Å². The van der Waals surface area contributed by atoms with Crippen LogP contribution in [-0.4, -0.2) is 19.5 Å². The Morgan fingerprint density at radius 3 is 2.54 bits per heavy atom. The Morgan fingerprint density at radius 2 is 2.00 bits per heavy atom. The second-order valence-electron chi connectivity index (χ2n) is 2.59. The molecule has 0 spiro atoms. The van der Waals surface area contributed by atoms with Crippen LogP contribution < -0.4 is 10.6 Å². The van der Waals surface area contributed by atoms with E-state index in [1.54, 1.807) is 7.05 Å². The van der Waals surface area contributed by atoms with Gasteiger partial charge in [0.15, 0.2) is 0 Å². The topological polar surface area (TPSA) is 41.1 Å². The van der Waals surface area contributed by atoms with Crippen molar-refractivity contribution in [3.05, 3.63) is 28.7 Å². The number of hydrogen-bond acceptors (Lipinski definition) is 2. The zero-order valence-electron chi connectivity index (χ0n) is 7.30. The third-order valence-electron chi connectivity index (χ3n) is 1.47. The van der Waals surface area contributed by atoms with Crippen LogP contribution in [0.2, 0.25) is 0 Å². The van der Waals surface area contributed by atoms with Gasteiger partial charge in [0.1, 0.15) is 0 Å². The van der Waals surface area contributed by atoms with Crippen LogP contribution >= 0.6 is 15.9 Å². The minimum absolute atomic E-state index is 0.0372. The SMILES string of the molecule is CNCC(=O)Nc1ccc(Br)cc1. The fourth-order valence-corrected chi connectivity index (χ4v) is 1.16. The summed E-state index contributed by atoms with van der Waals surface area (Å²) in [5, 5.41) is 5.53. The molecule has 70 valence electrons. The van der Waals surface area contributed by atoms with Gasteiger partial charge in [-0.2, -0.15) is 0 Å². The summed E-state index contributed by atoms with van der Waals surface area (Å²) in [5.41, 5.74) is 0.809. The average molecular weight is 243 g/mol. The Hall–Kier alpha value is -0.870. The van der Waals surface area contributed by atoms with Crippen molar-refractivity contribution in [1.29, 1.82) is 0 Å². The second kappa shape index (κ2) is 4.99. The molecule has 0 aliphatic carbocycles. The fraction of sp³-hybridized carbons (Fsp3) is 0.222. The summed E-state index contributed by atoms with van der Waals surface area (Å²) in [4.78, 5) is 11.1. The van der Waals surface area contributed by atoms with Crippen molar-refractivity contribution in [2.24, 2.45) is 0 Å². The summed E-state index contributed by atoms with van der Waals surface area (Å²) < 4.78 is 0.999. The number of likely N-dealkylation sites (N-methyl/N-ethyl adjacent to an activating group) is 1. The summed E-state index contributed by atoms with van der Waals surface area (Å²) in [6.07, 6.45) is 0. The molecule has 4 heteroatoms. The van der Waals surface area contributed by atoms with Crippen LogP contribution in [0, 0.1) is 0 Å². The molecule has 0 saturated carbocycles. The molecule has 13 heavy (non-hydrogen) atoms. The fourth-order valence-electron chi connectivity index (χ4n) is 0.899. The van der Waals surface area contributed by atoms with E-state index in [4.69, 9.17) is 0 Å². The average Bonchev–Trinajstić information content (AvgIpc) is 2.09. The van der Waals surface area contributed by atoms with Gasteiger partial charge in [-0.1, -0.05) is 15.9 Å². The molecule has 0 atom stereocenters. The number of nitrogens with one attached hydrogen (secondary N) is 2. The molecule has 1 aromatic carbocycles. The van der Waals surface area contributed by atoms with Gasteiger partial charge in [-0.25, -0.2) is 0 Å². The van der Waals surface area contributed by atoms with Crippen molar-refractivity contribution in [3.63, 3.8) is 0 Å². The van der Waals surface area contributed by atoms with E-state index in [-0.39, 0.29) is 5.91 Å². The molecule has 1 rings (SSSR count). The largest absolute Gasteiger partial charge is 0.325 e. The molecule has 0 heterocycles. The van der Waals surface area contributed by atoms with Crippen LogP contribution in [0.25, 0.3) is 0 Å². The summed E-state index contributed by atoms with van der Waals surface area (Å²) >= 11 is 3.32. The van der Waals surface area contributed by atoms with Crippen LogP contribution in [0.15, 0.2) is 28.7 Å². The van der Waals surface area contributed by atoms with Gasteiger partial charge in [-0.15, -0.1) is 0 Å². The highest BCUT2D eigenvalue weighted by Crippen LogP contribution is 2.13. The lowest BCUT2D eigenvalue weighted by molar-refractivity contribution is -0.115. The van der Waals surface area contributed by atoms with Gasteiger partial charge < -0.3 is 10.6 Å². The number of rotatable bonds is 3. The van der Waals surface area contributed by atoms with E-state index >= 15 is 0 Å². The highest BCUT2D eigenvalue weighted by Gasteiger charge is 1.98. The van der Waals surface area contributed by atoms with E-state index in [1.807, 2.05) is 24.3 Å². The minimum Gasteiger partial charge on any atom is -0.325 e. The lowest BCUT2D eigenvalue weighted by atomic mass is 10.3. The van der Waals surface area contributed by atoms with Crippen LogP contribution in [-0.2, 0) is 4.79 Å². The van der Waals surface area contributed by atoms with Crippen LogP contribution in [0.3, 0.4) is 0 Å². The van der Waals surface area contributed by atoms with E-state index in [9.17, 15) is 4.79 Å². The van der Waals surface area contributed by atoms with E-state index in [1.165, 1.54) is 0 Å². The zero-order valence-corrected chi connectivity index (χ0v) is 8.89. The Balaban J connectivity index is 2.54. The van der Waals surface area contributed by atoms with Crippen molar-refractivity contribution >= 4 is 27.5 Å². The van der Waals surface area contributed by atoms with Gasteiger partial charge in [0.2, 0.25) is 5.91 Å². The molecule has 0 aliphatic rings. The second-order valence-corrected chi connectivity index (χ2v) is 3.50.